The summed E-state index contributed by atoms with van der Waals surface area (Å²) in [5, 5.41) is 2.13. The third-order valence-corrected chi connectivity index (χ3v) is 5.56. The maximum atomic E-state index is 12.3. The largest absolute Gasteiger partial charge is 0.379 e. The van der Waals surface area contributed by atoms with Crippen LogP contribution in [0.3, 0.4) is 0 Å². The molecule has 1 amide bonds. The van der Waals surface area contributed by atoms with Crippen LogP contribution in [-0.2, 0) is 20.8 Å². The number of amides is 1. The van der Waals surface area contributed by atoms with Crippen LogP contribution in [0.2, 0.25) is 0 Å². The van der Waals surface area contributed by atoms with Crippen LogP contribution in [0.1, 0.15) is 18.2 Å². The Bertz CT molecular complexity index is 508. The second-order valence-corrected chi connectivity index (χ2v) is 7.58. The molecule has 6 heteroatoms. The molecule has 2 aliphatic heterocycles. The summed E-state index contributed by atoms with van der Waals surface area (Å²) in [4.78, 5) is 18.2. The van der Waals surface area contributed by atoms with E-state index in [9.17, 15) is 4.79 Å². The van der Waals surface area contributed by atoms with Crippen molar-refractivity contribution in [3.63, 3.8) is 0 Å². The van der Waals surface area contributed by atoms with Gasteiger partial charge in [0.2, 0.25) is 5.91 Å². The average Bonchev–Trinajstić information content (AvgIpc) is 3.13. The van der Waals surface area contributed by atoms with Gasteiger partial charge >= 0.3 is 0 Å². The van der Waals surface area contributed by atoms with Gasteiger partial charge in [-0.05, 0) is 31.3 Å². The molecule has 128 valence electrons. The van der Waals surface area contributed by atoms with Gasteiger partial charge in [0.05, 0.1) is 13.2 Å². The van der Waals surface area contributed by atoms with Crippen molar-refractivity contribution in [1.29, 1.82) is 0 Å². The Hall–Kier alpha value is -0.950. The zero-order chi connectivity index (χ0) is 16.1. The minimum absolute atomic E-state index is 0.0790. The Morgan fingerprint density at radius 3 is 3.13 bits per heavy atom. The van der Waals surface area contributed by atoms with E-state index in [2.05, 4.69) is 22.4 Å². The topological polar surface area (TPSA) is 42.0 Å². The highest BCUT2D eigenvalue weighted by Crippen LogP contribution is 2.34. The molecule has 23 heavy (non-hydrogen) atoms. The number of hydrogen-bond acceptors (Lipinski definition) is 5. The smallest absolute Gasteiger partial charge is 0.248 e. The van der Waals surface area contributed by atoms with Crippen molar-refractivity contribution >= 4 is 17.2 Å². The molecule has 0 unspecified atom stereocenters. The van der Waals surface area contributed by atoms with Gasteiger partial charge in [-0.1, -0.05) is 6.07 Å². The Morgan fingerprint density at radius 1 is 1.43 bits per heavy atom. The second-order valence-electron chi connectivity index (χ2n) is 6.55. The minimum Gasteiger partial charge on any atom is -0.379 e. The predicted molar refractivity (Wildman–Crippen MR) is 90.5 cm³/mol. The number of hydrogen-bond donors (Lipinski definition) is 0. The van der Waals surface area contributed by atoms with Crippen LogP contribution < -0.4 is 0 Å². The maximum Gasteiger partial charge on any atom is 0.248 e. The van der Waals surface area contributed by atoms with E-state index in [4.69, 9.17) is 9.47 Å². The third-order valence-electron chi connectivity index (χ3n) is 4.70. The lowest BCUT2D eigenvalue weighted by molar-refractivity contribution is -0.137. The monoisotopic (exact) mass is 338 g/mol. The lowest BCUT2D eigenvalue weighted by Gasteiger charge is -2.32. The standard InChI is InChI=1S/C17H26N2O3S/c1-2-21-11-16(20)19-7-8-22-14-17(13-19)5-6-18(12-17)10-15-4-3-9-23-15/h3-4,9H,2,5-8,10-14H2,1H3/t17-/m0/s1. The highest BCUT2D eigenvalue weighted by molar-refractivity contribution is 7.09. The number of carbonyl (C=O) groups is 1. The molecule has 2 fully saturated rings. The van der Waals surface area contributed by atoms with Gasteiger partial charge in [-0.25, -0.2) is 0 Å². The average molecular weight is 338 g/mol. The molecule has 0 saturated carbocycles. The SMILES string of the molecule is CCOCC(=O)N1CCOC[C@]2(CCN(Cc3cccs3)C2)C1. The quantitative estimate of drug-likeness (QED) is 0.821. The molecule has 5 nitrogen and oxygen atoms in total. The summed E-state index contributed by atoms with van der Waals surface area (Å²) in [6.07, 6.45) is 1.09. The van der Waals surface area contributed by atoms with Crippen molar-refractivity contribution in [2.24, 2.45) is 5.41 Å². The number of rotatable bonds is 5. The summed E-state index contributed by atoms with van der Waals surface area (Å²) in [5.41, 5.74) is 0.0790. The van der Waals surface area contributed by atoms with Crippen LogP contribution in [0, 0.1) is 5.41 Å². The van der Waals surface area contributed by atoms with Crippen molar-refractivity contribution in [2.75, 3.05) is 52.6 Å². The highest BCUT2D eigenvalue weighted by Gasteiger charge is 2.42. The molecule has 1 aromatic heterocycles. The maximum absolute atomic E-state index is 12.3. The molecule has 1 aromatic rings. The van der Waals surface area contributed by atoms with Gasteiger partial charge in [0.15, 0.2) is 0 Å². The number of ether oxygens (including phenoxy) is 2. The van der Waals surface area contributed by atoms with Crippen LogP contribution in [0.5, 0.6) is 0 Å². The molecule has 3 heterocycles. The number of thiophene rings is 1. The third kappa shape index (κ3) is 4.32. The minimum atomic E-state index is 0.0790. The first-order chi connectivity index (χ1) is 11.2. The van der Waals surface area contributed by atoms with E-state index in [1.165, 1.54) is 4.88 Å². The van der Waals surface area contributed by atoms with Crippen molar-refractivity contribution in [1.82, 2.24) is 9.80 Å². The Labute approximate surface area is 142 Å². The van der Waals surface area contributed by atoms with Gasteiger partial charge in [-0.2, -0.15) is 0 Å². The molecule has 0 bridgehead atoms. The van der Waals surface area contributed by atoms with E-state index < -0.39 is 0 Å². The summed E-state index contributed by atoms with van der Waals surface area (Å²) in [6, 6.07) is 4.30. The molecule has 2 aliphatic rings. The fourth-order valence-electron chi connectivity index (χ4n) is 3.52. The molecule has 0 radical (unpaired) electrons. The Kier molecular flexibility index (Phi) is 5.69. The normalized spacial score (nSPS) is 25.9. The molecular formula is C17H26N2O3S. The van der Waals surface area contributed by atoms with Gasteiger partial charge < -0.3 is 14.4 Å². The molecule has 3 rings (SSSR count). The van der Waals surface area contributed by atoms with E-state index in [0.29, 0.717) is 19.8 Å². The zero-order valence-electron chi connectivity index (χ0n) is 13.8. The molecule has 1 atom stereocenters. The predicted octanol–water partition coefficient (Wildman–Crippen LogP) is 1.84. The van der Waals surface area contributed by atoms with Crippen molar-refractivity contribution in [2.45, 2.75) is 19.9 Å². The van der Waals surface area contributed by atoms with Crippen molar-refractivity contribution < 1.29 is 14.3 Å². The van der Waals surface area contributed by atoms with Crippen LogP contribution in [0.4, 0.5) is 0 Å². The fourth-order valence-corrected chi connectivity index (χ4v) is 4.27. The van der Waals surface area contributed by atoms with Gasteiger partial charge in [-0.15, -0.1) is 11.3 Å². The summed E-state index contributed by atoms with van der Waals surface area (Å²) >= 11 is 1.81. The van der Waals surface area contributed by atoms with E-state index in [1.54, 1.807) is 0 Å². The van der Waals surface area contributed by atoms with E-state index >= 15 is 0 Å². The van der Waals surface area contributed by atoms with Gasteiger partial charge in [0, 0.05) is 43.1 Å². The highest BCUT2D eigenvalue weighted by atomic mass is 32.1. The van der Waals surface area contributed by atoms with Gasteiger partial charge in [-0.3, -0.25) is 9.69 Å². The first-order valence-corrected chi connectivity index (χ1v) is 9.27. The Morgan fingerprint density at radius 2 is 2.35 bits per heavy atom. The summed E-state index contributed by atoms with van der Waals surface area (Å²) < 4.78 is 11.1. The van der Waals surface area contributed by atoms with Gasteiger partial charge in [0.1, 0.15) is 6.61 Å². The summed E-state index contributed by atoms with van der Waals surface area (Å²) in [6.45, 7) is 8.63. The van der Waals surface area contributed by atoms with Crippen LogP contribution >= 0.6 is 11.3 Å². The fraction of sp³-hybridized carbons (Fsp3) is 0.706. The number of carbonyl (C=O) groups excluding carboxylic acids is 1. The van der Waals surface area contributed by atoms with Crippen molar-refractivity contribution in [3.05, 3.63) is 22.4 Å². The zero-order valence-corrected chi connectivity index (χ0v) is 14.6. The van der Waals surface area contributed by atoms with Crippen molar-refractivity contribution in [3.8, 4) is 0 Å². The summed E-state index contributed by atoms with van der Waals surface area (Å²) in [7, 11) is 0. The number of nitrogens with zero attached hydrogens (tertiary/aromatic N) is 2. The van der Waals surface area contributed by atoms with Crippen LogP contribution in [0.15, 0.2) is 17.5 Å². The summed E-state index contributed by atoms with van der Waals surface area (Å²) in [5.74, 6) is 0.0911. The Balaban J connectivity index is 1.60. The molecule has 0 aromatic carbocycles. The first kappa shape index (κ1) is 16.9. The molecule has 2 saturated heterocycles. The molecular weight excluding hydrogens is 312 g/mol. The van der Waals surface area contributed by atoms with Crippen LogP contribution in [-0.4, -0.2) is 68.3 Å². The lowest BCUT2D eigenvalue weighted by atomic mass is 9.87. The molecule has 1 spiro atoms. The van der Waals surface area contributed by atoms with E-state index in [-0.39, 0.29) is 17.9 Å². The molecule has 0 aliphatic carbocycles. The van der Waals surface area contributed by atoms with E-state index in [0.717, 1.165) is 39.2 Å². The number of likely N-dealkylation sites (tertiary alicyclic amines) is 1. The lowest BCUT2D eigenvalue weighted by Crippen LogP contribution is -2.44. The second kappa shape index (κ2) is 7.75. The first-order valence-electron chi connectivity index (χ1n) is 8.39. The molecule has 0 N–H and O–H groups in total. The van der Waals surface area contributed by atoms with Crippen LogP contribution in [0.25, 0.3) is 0 Å². The van der Waals surface area contributed by atoms with Gasteiger partial charge in [0.25, 0.3) is 0 Å². The van der Waals surface area contributed by atoms with E-state index in [1.807, 2.05) is 23.2 Å².